The molecule has 4 aromatic rings. The highest BCUT2D eigenvalue weighted by Crippen LogP contribution is 2.36. The fraction of sp³-hybridized carbons (Fsp3) is 0.282. The van der Waals surface area contributed by atoms with Crippen molar-refractivity contribution in [3.05, 3.63) is 118 Å². The molecule has 0 unspecified atom stereocenters. The number of carbonyl (C=O) groups is 2. The normalized spacial score (nSPS) is 15.6. The molecule has 47 heavy (non-hydrogen) atoms. The molecule has 0 fully saturated rings. The van der Waals surface area contributed by atoms with Gasteiger partial charge in [0.1, 0.15) is 5.58 Å². The fourth-order valence-electron chi connectivity index (χ4n) is 6.27. The van der Waals surface area contributed by atoms with Gasteiger partial charge in [-0.1, -0.05) is 75.4 Å². The maximum Gasteiger partial charge on any atom is 0.357 e. The molecule has 0 saturated carbocycles. The number of hydrazone groups is 1. The van der Waals surface area contributed by atoms with E-state index < -0.39 is 17.5 Å². The van der Waals surface area contributed by atoms with Crippen LogP contribution in [-0.2, 0) is 22.4 Å². The Kier molecular flexibility index (Phi) is 9.76. The van der Waals surface area contributed by atoms with E-state index in [4.69, 9.17) is 4.42 Å². The molecular formula is C39H39N3O5. The lowest BCUT2D eigenvalue weighted by atomic mass is 9.98. The van der Waals surface area contributed by atoms with Crippen LogP contribution in [-0.4, -0.2) is 29.2 Å². The zero-order chi connectivity index (χ0) is 32.8. The predicted molar refractivity (Wildman–Crippen MR) is 187 cm³/mol. The third-order valence-corrected chi connectivity index (χ3v) is 8.77. The Balaban J connectivity index is 1.19. The molecule has 240 valence electrons. The lowest BCUT2D eigenvalue weighted by Gasteiger charge is -2.31. The quantitative estimate of drug-likeness (QED) is 0.0963. The van der Waals surface area contributed by atoms with E-state index in [-0.39, 0.29) is 11.3 Å². The van der Waals surface area contributed by atoms with Crippen molar-refractivity contribution in [1.29, 1.82) is 0 Å². The van der Waals surface area contributed by atoms with Crippen molar-refractivity contribution in [1.82, 2.24) is 0 Å². The number of carboxylic acid groups (broad SMARTS) is 1. The number of unbranched alkanes of at least 4 members (excludes halogenated alkanes) is 5. The molecule has 0 spiro atoms. The third kappa shape index (κ3) is 7.12. The summed E-state index contributed by atoms with van der Waals surface area (Å²) in [6, 6.07) is 23.3. The van der Waals surface area contributed by atoms with Gasteiger partial charge in [-0.25, -0.2) is 9.59 Å². The Morgan fingerprint density at radius 2 is 1.70 bits per heavy atom. The topological polar surface area (TPSA) is 103 Å². The van der Waals surface area contributed by atoms with E-state index in [1.165, 1.54) is 67.9 Å². The monoisotopic (exact) mass is 629 g/mol. The molecule has 8 heteroatoms. The largest absolute Gasteiger partial charge is 0.476 e. The molecule has 0 bridgehead atoms. The molecule has 0 aliphatic carbocycles. The molecule has 1 aromatic heterocycles. The van der Waals surface area contributed by atoms with Crippen LogP contribution in [0.25, 0.3) is 17.0 Å². The summed E-state index contributed by atoms with van der Waals surface area (Å²) < 4.78 is 5.77. The Bertz CT molecular complexity index is 1920. The highest BCUT2D eigenvalue weighted by atomic mass is 16.4. The summed E-state index contributed by atoms with van der Waals surface area (Å²) in [7, 11) is 0. The van der Waals surface area contributed by atoms with E-state index in [2.05, 4.69) is 47.3 Å². The molecule has 3 aromatic carbocycles. The van der Waals surface area contributed by atoms with Gasteiger partial charge >= 0.3 is 11.6 Å². The number of benzene rings is 3. The minimum absolute atomic E-state index is 0.0765. The molecule has 2 aliphatic heterocycles. The van der Waals surface area contributed by atoms with Gasteiger partial charge in [-0.3, -0.25) is 4.79 Å². The number of aryl methyl sites for hydroxylation is 2. The summed E-state index contributed by atoms with van der Waals surface area (Å²) in [6.07, 6.45) is 15.1. The first-order valence-corrected chi connectivity index (χ1v) is 16.5. The number of amides is 1. The molecule has 0 atom stereocenters. The lowest BCUT2D eigenvalue weighted by molar-refractivity contribution is -0.129. The molecule has 2 aliphatic rings. The number of fused-ring (bicyclic) bond motifs is 2. The molecule has 0 radical (unpaired) electrons. The number of allylic oxidation sites excluding steroid dienone is 2. The average molecular weight is 630 g/mol. The van der Waals surface area contributed by atoms with Gasteiger partial charge in [-0.2, -0.15) is 10.1 Å². The van der Waals surface area contributed by atoms with Crippen molar-refractivity contribution in [2.75, 3.05) is 16.5 Å². The number of carboxylic acids is 1. The summed E-state index contributed by atoms with van der Waals surface area (Å²) in [5.41, 5.74) is 5.01. The highest BCUT2D eigenvalue weighted by molar-refractivity contribution is 6.52. The Hall–Kier alpha value is -5.24. The van der Waals surface area contributed by atoms with Crippen molar-refractivity contribution < 1.29 is 19.1 Å². The van der Waals surface area contributed by atoms with Crippen LogP contribution in [0.4, 0.5) is 17.1 Å². The van der Waals surface area contributed by atoms with Gasteiger partial charge in [-0.05, 0) is 85.4 Å². The van der Waals surface area contributed by atoms with E-state index >= 15 is 0 Å². The molecule has 3 heterocycles. The van der Waals surface area contributed by atoms with E-state index in [1.54, 1.807) is 36.4 Å². The average Bonchev–Trinajstić information content (AvgIpc) is 3.42. The van der Waals surface area contributed by atoms with Crippen LogP contribution < -0.4 is 15.5 Å². The number of anilines is 3. The highest BCUT2D eigenvalue weighted by Gasteiger charge is 2.34. The number of aliphatic carboxylic acids is 1. The molecule has 8 nitrogen and oxygen atoms in total. The first-order valence-electron chi connectivity index (χ1n) is 16.5. The molecular weight excluding hydrogens is 590 g/mol. The molecule has 0 saturated heterocycles. The van der Waals surface area contributed by atoms with Gasteiger partial charge in [0.15, 0.2) is 5.71 Å². The maximum atomic E-state index is 13.0. The zero-order valence-electron chi connectivity index (χ0n) is 26.7. The lowest BCUT2D eigenvalue weighted by Crippen LogP contribution is -2.24. The van der Waals surface area contributed by atoms with Crippen LogP contribution >= 0.6 is 0 Å². The Morgan fingerprint density at radius 3 is 2.47 bits per heavy atom. The van der Waals surface area contributed by atoms with Crippen LogP contribution in [0.5, 0.6) is 0 Å². The van der Waals surface area contributed by atoms with Crippen LogP contribution in [0, 0.1) is 0 Å². The first-order chi connectivity index (χ1) is 22.9. The molecule has 6 rings (SSSR count). The third-order valence-electron chi connectivity index (χ3n) is 8.77. The standard InChI is InChI=1S/C39H39N3O5/c1-2-3-4-5-6-8-13-27-19-21-31(22-20-27)41-23-12-15-28-24-30-25-29(39(46)47-35(30)26-34(28)41)14-11-18-33-36(38(44)45)40-42(37(33)43)32-16-9-7-10-17-32/h7,9-11,14,16-22,24-26H,2-6,8,12-13,15,23H2,1H3,(H,44,45)/b14-11+,33-18-. The summed E-state index contributed by atoms with van der Waals surface area (Å²) in [4.78, 5) is 40.2. The summed E-state index contributed by atoms with van der Waals surface area (Å²) in [6.45, 7) is 3.13. The Labute approximate surface area is 274 Å². The van der Waals surface area contributed by atoms with Gasteiger partial charge in [-0.15, -0.1) is 0 Å². The second-order valence-corrected chi connectivity index (χ2v) is 12.1. The second kappa shape index (κ2) is 14.5. The minimum atomic E-state index is -1.32. The van der Waals surface area contributed by atoms with Crippen molar-refractivity contribution in [2.24, 2.45) is 5.10 Å². The molecule has 1 amide bonds. The Morgan fingerprint density at radius 1 is 0.936 bits per heavy atom. The smallest absolute Gasteiger partial charge is 0.357 e. The van der Waals surface area contributed by atoms with Crippen LogP contribution in [0.3, 0.4) is 0 Å². The van der Waals surface area contributed by atoms with Gasteiger partial charge < -0.3 is 14.4 Å². The minimum Gasteiger partial charge on any atom is -0.476 e. The van der Waals surface area contributed by atoms with Crippen molar-refractivity contribution in [3.63, 3.8) is 0 Å². The second-order valence-electron chi connectivity index (χ2n) is 12.1. The first kappa shape index (κ1) is 31.7. The zero-order valence-corrected chi connectivity index (χ0v) is 26.7. The van der Waals surface area contributed by atoms with E-state index in [0.717, 1.165) is 47.6 Å². The van der Waals surface area contributed by atoms with Crippen molar-refractivity contribution in [2.45, 2.75) is 64.7 Å². The van der Waals surface area contributed by atoms with Gasteiger partial charge in [0.05, 0.1) is 16.8 Å². The van der Waals surface area contributed by atoms with E-state index in [9.17, 15) is 19.5 Å². The number of rotatable bonds is 12. The van der Waals surface area contributed by atoms with Gasteiger partial charge in [0, 0.05) is 29.4 Å². The molecule has 1 N–H and O–H groups in total. The summed E-state index contributed by atoms with van der Waals surface area (Å²) >= 11 is 0. The van der Waals surface area contributed by atoms with Crippen LogP contribution in [0.15, 0.2) is 105 Å². The van der Waals surface area contributed by atoms with Crippen molar-refractivity contribution >= 4 is 51.7 Å². The van der Waals surface area contributed by atoms with Crippen molar-refractivity contribution in [3.8, 4) is 0 Å². The van der Waals surface area contributed by atoms with E-state index in [1.807, 2.05) is 6.07 Å². The van der Waals surface area contributed by atoms with Crippen LogP contribution in [0.2, 0.25) is 0 Å². The fourth-order valence-corrected chi connectivity index (χ4v) is 6.27. The van der Waals surface area contributed by atoms with Crippen LogP contribution in [0.1, 0.15) is 68.6 Å². The summed E-state index contributed by atoms with van der Waals surface area (Å²) in [5, 5.41) is 15.5. The van der Waals surface area contributed by atoms with Gasteiger partial charge in [0.25, 0.3) is 5.91 Å². The number of nitrogens with zero attached hydrogens (tertiary/aromatic N) is 3. The number of hydrogen-bond donors (Lipinski definition) is 1. The van der Waals surface area contributed by atoms with E-state index in [0.29, 0.717) is 16.8 Å². The SMILES string of the molecule is CCCCCCCCc1ccc(N2CCCc3cc4cc(/C=C/C=C5\C(=O)N(c6ccccc6)N=C5C(=O)O)c(=O)oc4cc32)cc1. The summed E-state index contributed by atoms with van der Waals surface area (Å²) in [5.74, 6) is -1.88. The number of carbonyl (C=O) groups excluding carboxylic acids is 1. The number of para-hydroxylation sites is 1. The van der Waals surface area contributed by atoms with Gasteiger partial charge in [0.2, 0.25) is 0 Å². The maximum absolute atomic E-state index is 13.0. The number of hydrogen-bond acceptors (Lipinski definition) is 6. The predicted octanol–water partition coefficient (Wildman–Crippen LogP) is 8.21.